The van der Waals surface area contributed by atoms with Gasteiger partial charge >= 0.3 is 0 Å². The first-order valence-electron chi connectivity index (χ1n) is 5.77. The maximum absolute atomic E-state index is 8.90. The summed E-state index contributed by atoms with van der Waals surface area (Å²) in [4.78, 5) is 4.02. The van der Waals surface area contributed by atoms with Crippen molar-refractivity contribution in [1.29, 1.82) is 5.26 Å². The molecule has 0 saturated heterocycles. The first-order chi connectivity index (χ1) is 8.09. The highest BCUT2D eigenvalue weighted by atomic mass is 16.5. The molecule has 1 heterocycles. The van der Waals surface area contributed by atoms with Gasteiger partial charge in [0.05, 0.1) is 5.60 Å². The first kappa shape index (κ1) is 13.6. The third kappa shape index (κ3) is 4.51. The fourth-order valence-electron chi connectivity index (χ4n) is 1.62. The van der Waals surface area contributed by atoms with Crippen LogP contribution >= 0.6 is 0 Å². The highest BCUT2D eigenvalue weighted by Crippen LogP contribution is 2.08. The van der Waals surface area contributed by atoms with Gasteiger partial charge in [0, 0.05) is 31.5 Å². The average molecular weight is 233 g/mol. The maximum atomic E-state index is 8.90. The van der Waals surface area contributed by atoms with Crippen molar-refractivity contribution in [2.24, 2.45) is 0 Å². The zero-order valence-corrected chi connectivity index (χ0v) is 10.7. The van der Waals surface area contributed by atoms with Crippen LogP contribution in [0.1, 0.15) is 32.0 Å². The normalized spacial score (nSPS) is 11.2. The zero-order valence-electron chi connectivity index (χ0n) is 10.7. The number of hydrogen-bond donors (Lipinski definition) is 1. The molecule has 4 heteroatoms. The van der Waals surface area contributed by atoms with E-state index in [2.05, 4.69) is 16.4 Å². The summed E-state index contributed by atoms with van der Waals surface area (Å²) in [6.07, 6.45) is 1.63. The Labute approximate surface area is 103 Å². The van der Waals surface area contributed by atoms with Gasteiger partial charge in [-0.2, -0.15) is 5.26 Å². The zero-order chi connectivity index (χ0) is 12.7. The molecule has 1 aromatic heterocycles. The minimum Gasteiger partial charge on any atom is -0.375 e. The molecule has 0 fully saturated rings. The van der Waals surface area contributed by atoms with Gasteiger partial charge < -0.3 is 10.1 Å². The summed E-state index contributed by atoms with van der Waals surface area (Å²) in [6, 6.07) is 5.83. The molecule has 0 amide bonds. The molecule has 0 atom stereocenters. The third-order valence-electron chi connectivity index (χ3n) is 2.40. The Balaban J connectivity index is 2.49. The van der Waals surface area contributed by atoms with Crippen LogP contribution in [0.15, 0.2) is 18.3 Å². The second-order valence-electron chi connectivity index (χ2n) is 4.42. The monoisotopic (exact) mass is 233 g/mol. The lowest BCUT2D eigenvalue weighted by molar-refractivity contribution is -0.00898. The average Bonchev–Trinajstić information content (AvgIpc) is 2.29. The van der Waals surface area contributed by atoms with Crippen molar-refractivity contribution in [2.75, 3.05) is 13.2 Å². The predicted molar refractivity (Wildman–Crippen MR) is 66.4 cm³/mol. The summed E-state index contributed by atoms with van der Waals surface area (Å²) in [6.45, 7) is 8.13. The van der Waals surface area contributed by atoms with Crippen LogP contribution in [0.3, 0.4) is 0 Å². The number of aromatic nitrogens is 1. The van der Waals surface area contributed by atoms with Crippen LogP contribution in [0.5, 0.6) is 0 Å². The second-order valence-corrected chi connectivity index (χ2v) is 4.42. The minimum absolute atomic E-state index is 0.191. The van der Waals surface area contributed by atoms with E-state index >= 15 is 0 Å². The van der Waals surface area contributed by atoms with Crippen molar-refractivity contribution in [1.82, 2.24) is 10.3 Å². The van der Waals surface area contributed by atoms with Gasteiger partial charge in [-0.25, -0.2) is 4.98 Å². The molecule has 0 radical (unpaired) electrons. The van der Waals surface area contributed by atoms with E-state index in [4.69, 9.17) is 10.00 Å². The first-order valence-corrected chi connectivity index (χ1v) is 5.77. The quantitative estimate of drug-likeness (QED) is 0.814. The third-order valence-corrected chi connectivity index (χ3v) is 2.40. The van der Waals surface area contributed by atoms with Crippen molar-refractivity contribution in [3.05, 3.63) is 29.6 Å². The summed E-state index contributed by atoms with van der Waals surface area (Å²) in [5, 5.41) is 12.2. The molecule has 0 aliphatic carbocycles. The van der Waals surface area contributed by atoms with E-state index < -0.39 is 0 Å². The van der Waals surface area contributed by atoms with Crippen LogP contribution in [-0.2, 0) is 11.3 Å². The number of rotatable bonds is 6. The summed E-state index contributed by atoms with van der Waals surface area (Å²) >= 11 is 0. The SMILES string of the molecule is CCOC(C)(C)CNCc1cccnc1C#N. The molecule has 1 rings (SSSR count). The second kappa shape index (κ2) is 6.33. The van der Waals surface area contributed by atoms with Gasteiger partial charge in [0.1, 0.15) is 11.8 Å². The van der Waals surface area contributed by atoms with Gasteiger partial charge in [0.25, 0.3) is 0 Å². The van der Waals surface area contributed by atoms with E-state index in [9.17, 15) is 0 Å². The Morgan fingerprint density at radius 2 is 2.29 bits per heavy atom. The standard InChI is InChI=1S/C13H19N3O/c1-4-17-13(2,3)10-15-9-11-6-5-7-16-12(11)8-14/h5-7,15H,4,9-10H2,1-3H3. The fraction of sp³-hybridized carbons (Fsp3) is 0.538. The van der Waals surface area contributed by atoms with Crippen LogP contribution in [-0.4, -0.2) is 23.7 Å². The summed E-state index contributed by atoms with van der Waals surface area (Å²) in [7, 11) is 0. The van der Waals surface area contributed by atoms with Gasteiger partial charge in [-0.05, 0) is 26.8 Å². The Bertz CT molecular complexity index is 396. The van der Waals surface area contributed by atoms with E-state index in [1.54, 1.807) is 6.20 Å². The maximum Gasteiger partial charge on any atom is 0.144 e. The predicted octanol–water partition coefficient (Wildman–Crippen LogP) is 1.86. The van der Waals surface area contributed by atoms with Gasteiger partial charge in [0.2, 0.25) is 0 Å². The highest BCUT2D eigenvalue weighted by Gasteiger charge is 2.16. The Kier molecular flexibility index (Phi) is 5.08. The van der Waals surface area contributed by atoms with Crippen molar-refractivity contribution in [3.8, 4) is 6.07 Å². The smallest absolute Gasteiger partial charge is 0.144 e. The Hall–Kier alpha value is -1.44. The molecule has 1 N–H and O–H groups in total. The number of ether oxygens (including phenoxy) is 1. The topological polar surface area (TPSA) is 57.9 Å². The number of nitrogens with one attached hydrogen (secondary N) is 1. The van der Waals surface area contributed by atoms with Gasteiger partial charge in [0.15, 0.2) is 0 Å². The molecule has 0 aliphatic rings. The van der Waals surface area contributed by atoms with E-state index in [0.717, 1.165) is 12.1 Å². The summed E-state index contributed by atoms with van der Waals surface area (Å²) in [5.41, 5.74) is 1.21. The molecule has 0 spiro atoms. The summed E-state index contributed by atoms with van der Waals surface area (Å²) < 4.78 is 5.58. The van der Waals surface area contributed by atoms with Gasteiger partial charge in [-0.3, -0.25) is 0 Å². The molecule has 0 bridgehead atoms. The molecule has 4 nitrogen and oxygen atoms in total. The van der Waals surface area contributed by atoms with E-state index in [1.165, 1.54) is 0 Å². The fourth-order valence-corrected chi connectivity index (χ4v) is 1.62. The van der Waals surface area contributed by atoms with E-state index in [-0.39, 0.29) is 5.60 Å². The number of nitriles is 1. The lowest BCUT2D eigenvalue weighted by Crippen LogP contribution is -2.37. The number of hydrogen-bond acceptors (Lipinski definition) is 4. The lowest BCUT2D eigenvalue weighted by atomic mass is 10.1. The Morgan fingerprint density at radius 1 is 1.53 bits per heavy atom. The van der Waals surface area contributed by atoms with Crippen LogP contribution in [0.4, 0.5) is 0 Å². The molecule has 0 saturated carbocycles. The van der Waals surface area contributed by atoms with Crippen molar-refractivity contribution in [2.45, 2.75) is 32.9 Å². The van der Waals surface area contributed by atoms with Crippen LogP contribution in [0, 0.1) is 11.3 Å². The lowest BCUT2D eigenvalue weighted by Gasteiger charge is -2.25. The minimum atomic E-state index is -0.191. The molecular formula is C13H19N3O. The van der Waals surface area contributed by atoms with Crippen molar-refractivity contribution in [3.63, 3.8) is 0 Å². The van der Waals surface area contributed by atoms with Crippen molar-refractivity contribution >= 4 is 0 Å². The van der Waals surface area contributed by atoms with Crippen LogP contribution < -0.4 is 5.32 Å². The highest BCUT2D eigenvalue weighted by molar-refractivity contribution is 5.30. The molecule has 92 valence electrons. The number of nitrogens with zero attached hydrogens (tertiary/aromatic N) is 2. The molecule has 17 heavy (non-hydrogen) atoms. The van der Waals surface area contributed by atoms with Gasteiger partial charge in [-0.1, -0.05) is 6.07 Å². The molecule has 0 unspecified atom stereocenters. The molecular weight excluding hydrogens is 214 g/mol. The summed E-state index contributed by atoms with van der Waals surface area (Å²) in [5.74, 6) is 0. The van der Waals surface area contributed by atoms with Gasteiger partial charge in [-0.15, -0.1) is 0 Å². The Morgan fingerprint density at radius 3 is 2.94 bits per heavy atom. The molecule has 1 aromatic rings. The van der Waals surface area contributed by atoms with Crippen LogP contribution in [0.25, 0.3) is 0 Å². The van der Waals surface area contributed by atoms with E-state index in [0.29, 0.717) is 18.8 Å². The largest absolute Gasteiger partial charge is 0.375 e. The molecule has 0 aliphatic heterocycles. The molecule has 0 aromatic carbocycles. The van der Waals surface area contributed by atoms with E-state index in [1.807, 2.05) is 32.9 Å². The van der Waals surface area contributed by atoms with Crippen molar-refractivity contribution < 1.29 is 4.74 Å². The van der Waals surface area contributed by atoms with Crippen LogP contribution in [0.2, 0.25) is 0 Å². The number of pyridine rings is 1.